The van der Waals surface area contributed by atoms with E-state index in [1.54, 1.807) is 4.90 Å². The molecule has 0 aromatic heterocycles. The molecular formula is C9H18N2O2. The van der Waals surface area contributed by atoms with Crippen molar-refractivity contribution in [1.82, 2.24) is 10.2 Å². The third-order valence-electron chi connectivity index (χ3n) is 2.25. The van der Waals surface area contributed by atoms with Crippen LogP contribution in [0.4, 0.5) is 4.79 Å². The molecule has 76 valence electrons. The zero-order chi connectivity index (χ0) is 10.1. The first kappa shape index (κ1) is 10.3. The molecule has 0 aliphatic carbocycles. The highest BCUT2D eigenvalue weighted by atomic mass is 16.6. The monoisotopic (exact) mass is 186 g/mol. The topological polar surface area (TPSA) is 41.6 Å². The number of amides is 1. The van der Waals surface area contributed by atoms with Gasteiger partial charge in [0.15, 0.2) is 0 Å². The van der Waals surface area contributed by atoms with E-state index < -0.39 is 0 Å². The molecule has 1 saturated heterocycles. The van der Waals surface area contributed by atoms with Gasteiger partial charge in [-0.25, -0.2) is 4.79 Å². The molecule has 4 heteroatoms. The smallest absolute Gasteiger partial charge is 0.410 e. The molecule has 0 spiro atoms. The molecule has 1 aliphatic rings. The van der Waals surface area contributed by atoms with Gasteiger partial charge in [0.05, 0.1) is 6.54 Å². The van der Waals surface area contributed by atoms with Gasteiger partial charge >= 0.3 is 6.09 Å². The van der Waals surface area contributed by atoms with E-state index >= 15 is 0 Å². The second-order valence-corrected chi connectivity index (χ2v) is 4.07. The van der Waals surface area contributed by atoms with Gasteiger partial charge in [0.2, 0.25) is 0 Å². The maximum Gasteiger partial charge on any atom is 0.410 e. The largest absolute Gasteiger partial charge is 0.440 e. The van der Waals surface area contributed by atoms with Gasteiger partial charge in [0.1, 0.15) is 5.60 Å². The number of nitrogens with one attached hydrogen (secondary N) is 1. The van der Waals surface area contributed by atoms with Crippen molar-refractivity contribution in [2.24, 2.45) is 0 Å². The van der Waals surface area contributed by atoms with Crippen LogP contribution in [0.5, 0.6) is 0 Å². The lowest BCUT2D eigenvalue weighted by Gasteiger charge is -2.22. The average molecular weight is 186 g/mol. The Morgan fingerprint density at radius 3 is 2.69 bits per heavy atom. The van der Waals surface area contributed by atoms with Crippen molar-refractivity contribution in [3.8, 4) is 0 Å². The average Bonchev–Trinajstić information content (AvgIpc) is 2.27. The molecule has 1 heterocycles. The van der Waals surface area contributed by atoms with E-state index in [0.717, 1.165) is 0 Å². The first-order valence-corrected chi connectivity index (χ1v) is 4.63. The van der Waals surface area contributed by atoms with Crippen LogP contribution < -0.4 is 5.32 Å². The molecule has 1 amide bonds. The Morgan fingerprint density at radius 2 is 2.31 bits per heavy atom. The maximum absolute atomic E-state index is 11.4. The highest BCUT2D eigenvalue weighted by Gasteiger charge is 2.41. The van der Waals surface area contributed by atoms with Crippen LogP contribution in [-0.2, 0) is 4.74 Å². The molecule has 1 fully saturated rings. The van der Waals surface area contributed by atoms with Gasteiger partial charge in [-0.05, 0) is 27.8 Å². The number of cyclic esters (lactones) is 1. The summed E-state index contributed by atoms with van der Waals surface area (Å²) in [5.41, 5.74) is -0.365. The molecule has 1 rings (SSSR count). The standard InChI is InChI=1S/C9H18N2O2/c1-7(2)11-6-9(3,5-10-4)13-8(11)12/h7,10H,5-6H2,1-4H3. The Morgan fingerprint density at radius 1 is 1.69 bits per heavy atom. The lowest BCUT2D eigenvalue weighted by molar-refractivity contribution is 0.0728. The normalized spacial score (nSPS) is 28.4. The molecule has 0 radical (unpaired) electrons. The van der Waals surface area contributed by atoms with Gasteiger partial charge in [-0.15, -0.1) is 0 Å². The molecule has 13 heavy (non-hydrogen) atoms. The van der Waals surface area contributed by atoms with Crippen molar-refractivity contribution in [3.63, 3.8) is 0 Å². The number of carbonyl (C=O) groups excluding carboxylic acids is 1. The molecule has 0 aromatic rings. The van der Waals surface area contributed by atoms with Crippen molar-refractivity contribution >= 4 is 6.09 Å². The van der Waals surface area contributed by atoms with E-state index in [4.69, 9.17) is 4.74 Å². The first-order chi connectivity index (χ1) is 5.98. The second-order valence-electron chi connectivity index (χ2n) is 4.07. The summed E-state index contributed by atoms with van der Waals surface area (Å²) in [6.45, 7) is 7.30. The predicted molar refractivity (Wildman–Crippen MR) is 50.7 cm³/mol. The van der Waals surface area contributed by atoms with Gasteiger partial charge in [-0.3, -0.25) is 0 Å². The van der Waals surface area contributed by atoms with Crippen LogP contribution in [0.25, 0.3) is 0 Å². The maximum atomic E-state index is 11.4. The van der Waals surface area contributed by atoms with E-state index in [2.05, 4.69) is 5.32 Å². The van der Waals surface area contributed by atoms with Gasteiger partial charge in [-0.1, -0.05) is 0 Å². The number of rotatable bonds is 3. The molecule has 1 atom stereocenters. The SMILES string of the molecule is CNCC1(C)CN(C(C)C)C(=O)O1. The van der Waals surface area contributed by atoms with E-state index in [1.807, 2.05) is 27.8 Å². The van der Waals surface area contributed by atoms with E-state index in [1.165, 1.54) is 0 Å². The minimum atomic E-state index is -0.365. The van der Waals surface area contributed by atoms with Crippen molar-refractivity contribution in [3.05, 3.63) is 0 Å². The summed E-state index contributed by atoms with van der Waals surface area (Å²) in [4.78, 5) is 13.1. The fourth-order valence-corrected chi connectivity index (χ4v) is 1.59. The van der Waals surface area contributed by atoms with Crippen LogP contribution >= 0.6 is 0 Å². The summed E-state index contributed by atoms with van der Waals surface area (Å²) in [7, 11) is 1.86. The Labute approximate surface area is 79.2 Å². The first-order valence-electron chi connectivity index (χ1n) is 4.63. The zero-order valence-electron chi connectivity index (χ0n) is 8.76. The summed E-state index contributed by atoms with van der Waals surface area (Å²) in [5, 5.41) is 3.03. The summed E-state index contributed by atoms with van der Waals surface area (Å²) in [5.74, 6) is 0. The third kappa shape index (κ3) is 2.12. The highest BCUT2D eigenvalue weighted by molar-refractivity contribution is 5.71. The summed E-state index contributed by atoms with van der Waals surface area (Å²) < 4.78 is 5.29. The Hall–Kier alpha value is -0.770. The summed E-state index contributed by atoms with van der Waals surface area (Å²) >= 11 is 0. The number of hydrogen-bond donors (Lipinski definition) is 1. The number of hydrogen-bond acceptors (Lipinski definition) is 3. The molecular weight excluding hydrogens is 168 g/mol. The second kappa shape index (κ2) is 3.54. The molecule has 1 aliphatic heterocycles. The number of nitrogens with zero attached hydrogens (tertiary/aromatic N) is 1. The van der Waals surface area contributed by atoms with Crippen LogP contribution in [0, 0.1) is 0 Å². The molecule has 0 bridgehead atoms. The fourth-order valence-electron chi connectivity index (χ4n) is 1.59. The Balaban J connectivity index is 2.63. The quantitative estimate of drug-likeness (QED) is 0.709. The van der Waals surface area contributed by atoms with E-state index in [0.29, 0.717) is 13.1 Å². The lowest BCUT2D eigenvalue weighted by Crippen LogP contribution is -2.41. The molecule has 1 N–H and O–H groups in total. The van der Waals surface area contributed by atoms with E-state index in [9.17, 15) is 4.79 Å². The van der Waals surface area contributed by atoms with Crippen LogP contribution in [-0.4, -0.2) is 42.8 Å². The lowest BCUT2D eigenvalue weighted by atomic mass is 10.1. The van der Waals surface area contributed by atoms with Gasteiger partial charge in [0, 0.05) is 12.6 Å². The van der Waals surface area contributed by atoms with Crippen LogP contribution in [0.15, 0.2) is 0 Å². The van der Waals surface area contributed by atoms with Crippen molar-refractivity contribution in [1.29, 1.82) is 0 Å². The van der Waals surface area contributed by atoms with Gasteiger partial charge < -0.3 is 15.0 Å². The van der Waals surface area contributed by atoms with Crippen LogP contribution in [0.1, 0.15) is 20.8 Å². The summed E-state index contributed by atoms with van der Waals surface area (Å²) in [6, 6.07) is 0.214. The Bertz CT molecular complexity index is 206. The van der Waals surface area contributed by atoms with Crippen LogP contribution in [0.3, 0.4) is 0 Å². The number of carbonyl (C=O) groups is 1. The van der Waals surface area contributed by atoms with Crippen molar-refractivity contribution in [2.45, 2.75) is 32.4 Å². The number of ether oxygens (including phenoxy) is 1. The van der Waals surface area contributed by atoms with Crippen molar-refractivity contribution in [2.75, 3.05) is 20.1 Å². The zero-order valence-corrected chi connectivity index (χ0v) is 8.76. The minimum Gasteiger partial charge on any atom is -0.440 e. The van der Waals surface area contributed by atoms with Crippen LogP contribution in [0.2, 0.25) is 0 Å². The summed E-state index contributed by atoms with van der Waals surface area (Å²) in [6.07, 6.45) is -0.201. The molecule has 0 saturated carbocycles. The highest BCUT2D eigenvalue weighted by Crippen LogP contribution is 2.23. The predicted octanol–water partition coefficient (Wildman–Crippen LogP) is 0.825. The van der Waals surface area contributed by atoms with E-state index in [-0.39, 0.29) is 17.7 Å². The third-order valence-corrected chi connectivity index (χ3v) is 2.25. The number of likely N-dealkylation sites (N-methyl/N-ethyl adjacent to an activating group) is 1. The van der Waals surface area contributed by atoms with Crippen molar-refractivity contribution < 1.29 is 9.53 Å². The minimum absolute atomic E-state index is 0.201. The molecule has 4 nitrogen and oxygen atoms in total. The fraction of sp³-hybridized carbons (Fsp3) is 0.889. The molecule has 0 aromatic carbocycles. The van der Waals surface area contributed by atoms with Gasteiger partial charge in [-0.2, -0.15) is 0 Å². The Kier molecular flexibility index (Phi) is 2.81. The molecule has 1 unspecified atom stereocenters. The van der Waals surface area contributed by atoms with Gasteiger partial charge in [0.25, 0.3) is 0 Å².